The third kappa shape index (κ3) is 4.06. The molecule has 0 bridgehead atoms. The predicted molar refractivity (Wildman–Crippen MR) is 108 cm³/mol. The summed E-state index contributed by atoms with van der Waals surface area (Å²) in [5.74, 6) is 0.218. The van der Waals surface area contributed by atoms with Crippen molar-refractivity contribution in [2.75, 3.05) is 13.1 Å². The summed E-state index contributed by atoms with van der Waals surface area (Å²) < 4.78 is 1.29. The van der Waals surface area contributed by atoms with E-state index in [9.17, 15) is 14.4 Å². The second kappa shape index (κ2) is 7.90. The number of rotatable bonds is 5. The number of amides is 2. The van der Waals surface area contributed by atoms with E-state index in [0.717, 1.165) is 37.0 Å². The van der Waals surface area contributed by atoms with Crippen LogP contribution < -0.4 is 10.9 Å². The van der Waals surface area contributed by atoms with Crippen molar-refractivity contribution >= 4 is 22.8 Å². The maximum absolute atomic E-state index is 12.7. The highest BCUT2D eigenvalue weighted by Crippen LogP contribution is 2.16. The maximum atomic E-state index is 12.7. The molecule has 1 saturated heterocycles. The van der Waals surface area contributed by atoms with Gasteiger partial charge in [0.05, 0.1) is 22.6 Å². The van der Waals surface area contributed by atoms with Crippen molar-refractivity contribution in [1.29, 1.82) is 0 Å². The number of aromatic nitrogens is 3. The molecule has 29 heavy (non-hydrogen) atoms. The number of likely N-dealkylation sites (tertiary alicyclic amines) is 1. The van der Waals surface area contributed by atoms with Crippen LogP contribution in [-0.4, -0.2) is 44.3 Å². The number of carbonyl (C=O) groups excluding carboxylic acids is 2. The van der Waals surface area contributed by atoms with Gasteiger partial charge in [-0.15, -0.1) is 0 Å². The Hall–Kier alpha value is -3.42. The summed E-state index contributed by atoms with van der Waals surface area (Å²) in [5.41, 5.74) is 1.75. The number of hydrogen-bond donors (Lipinski definition) is 2. The summed E-state index contributed by atoms with van der Waals surface area (Å²) in [6.07, 6.45) is 3.42. The highest BCUT2D eigenvalue weighted by Gasteiger charge is 2.20. The number of carbonyl (C=O) groups is 2. The molecule has 1 fully saturated rings. The molecule has 1 aliphatic rings. The van der Waals surface area contributed by atoms with Crippen LogP contribution in [0.5, 0.6) is 0 Å². The van der Waals surface area contributed by atoms with Crippen LogP contribution in [0.4, 0.5) is 0 Å². The molecule has 8 heteroatoms. The smallest absolute Gasteiger partial charge is 0.253 e. The van der Waals surface area contributed by atoms with Crippen molar-refractivity contribution in [3.8, 4) is 0 Å². The first-order valence-corrected chi connectivity index (χ1v) is 9.75. The van der Waals surface area contributed by atoms with E-state index >= 15 is 0 Å². The fourth-order valence-corrected chi connectivity index (χ4v) is 3.53. The third-order valence-corrected chi connectivity index (χ3v) is 5.18. The van der Waals surface area contributed by atoms with Crippen LogP contribution in [0.15, 0.2) is 47.4 Å². The molecule has 1 unspecified atom stereocenters. The molecule has 2 aromatic heterocycles. The number of nitrogens with one attached hydrogen (secondary N) is 2. The van der Waals surface area contributed by atoms with E-state index in [1.54, 1.807) is 4.90 Å². The number of pyridine rings is 1. The molecule has 150 valence electrons. The van der Waals surface area contributed by atoms with Crippen LogP contribution in [0, 0.1) is 0 Å². The van der Waals surface area contributed by atoms with Gasteiger partial charge in [0, 0.05) is 25.4 Å². The zero-order valence-corrected chi connectivity index (χ0v) is 16.2. The molecule has 0 radical (unpaired) electrons. The number of para-hydroxylation sites is 2. The Morgan fingerprint density at radius 2 is 1.93 bits per heavy atom. The Balaban J connectivity index is 1.47. The lowest BCUT2D eigenvalue weighted by Crippen LogP contribution is -2.35. The number of hydrogen-bond acceptors (Lipinski definition) is 4. The molecule has 2 amide bonds. The SMILES string of the molecule is CC(NC(=O)c1ccc(=O)n(CC(=O)N2CCCC2)c1)c1nc2ccccc2[nH]1. The molecule has 1 atom stereocenters. The van der Waals surface area contributed by atoms with Crippen LogP contribution in [0.2, 0.25) is 0 Å². The lowest BCUT2D eigenvalue weighted by atomic mass is 10.2. The van der Waals surface area contributed by atoms with Gasteiger partial charge in [-0.05, 0) is 38.0 Å². The van der Waals surface area contributed by atoms with Crippen LogP contribution in [-0.2, 0) is 11.3 Å². The van der Waals surface area contributed by atoms with Gasteiger partial charge in [0.15, 0.2) is 0 Å². The molecule has 0 saturated carbocycles. The van der Waals surface area contributed by atoms with E-state index in [4.69, 9.17) is 0 Å². The van der Waals surface area contributed by atoms with Crippen LogP contribution in [0.1, 0.15) is 42.0 Å². The molecule has 3 aromatic rings. The number of aromatic amines is 1. The van der Waals surface area contributed by atoms with Crippen molar-refractivity contribution in [2.24, 2.45) is 0 Å². The van der Waals surface area contributed by atoms with E-state index in [1.807, 2.05) is 31.2 Å². The lowest BCUT2D eigenvalue weighted by Gasteiger charge is -2.16. The molecule has 4 rings (SSSR count). The fourth-order valence-electron chi connectivity index (χ4n) is 3.53. The minimum Gasteiger partial charge on any atom is -0.342 e. The molecule has 0 spiro atoms. The molecular formula is C21H23N5O3. The van der Waals surface area contributed by atoms with E-state index in [2.05, 4.69) is 15.3 Å². The molecule has 8 nitrogen and oxygen atoms in total. The second-order valence-electron chi connectivity index (χ2n) is 7.31. The molecule has 1 aromatic carbocycles. The van der Waals surface area contributed by atoms with Gasteiger partial charge in [0.1, 0.15) is 12.4 Å². The minimum absolute atomic E-state index is 0.0565. The number of nitrogens with zero attached hydrogens (tertiary/aromatic N) is 3. The third-order valence-electron chi connectivity index (χ3n) is 5.18. The van der Waals surface area contributed by atoms with Gasteiger partial charge in [0.2, 0.25) is 5.91 Å². The molecule has 1 aliphatic heterocycles. The van der Waals surface area contributed by atoms with Crippen molar-refractivity contribution in [3.63, 3.8) is 0 Å². The van der Waals surface area contributed by atoms with Crippen molar-refractivity contribution in [3.05, 3.63) is 64.3 Å². The van der Waals surface area contributed by atoms with Crippen LogP contribution >= 0.6 is 0 Å². The molecule has 3 heterocycles. The summed E-state index contributed by atoms with van der Waals surface area (Å²) in [6.45, 7) is 3.23. The quantitative estimate of drug-likeness (QED) is 0.691. The van der Waals surface area contributed by atoms with Crippen molar-refractivity contribution in [2.45, 2.75) is 32.4 Å². The van der Waals surface area contributed by atoms with Crippen LogP contribution in [0.25, 0.3) is 11.0 Å². The minimum atomic E-state index is -0.346. The van der Waals surface area contributed by atoms with Gasteiger partial charge < -0.3 is 19.8 Å². The summed E-state index contributed by atoms with van der Waals surface area (Å²) in [5, 5.41) is 2.89. The molecule has 0 aliphatic carbocycles. The zero-order valence-electron chi connectivity index (χ0n) is 16.2. The maximum Gasteiger partial charge on any atom is 0.253 e. The second-order valence-corrected chi connectivity index (χ2v) is 7.31. The largest absolute Gasteiger partial charge is 0.342 e. The van der Waals surface area contributed by atoms with Gasteiger partial charge in [-0.25, -0.2) is 4.98 Å². The summed E-state index contributed by atoms with van der Waals surface area (Å²) in [7, 11) is 0. The first-order chi connectivity index (χ1) is 14.0. The normalized spacial score (nSPS) is 14.9. The Morgan fingerprint density at radius 3 is 2.69 bits per heavy atom. The number of H-pyrrole nitrogens is 1. The Labute approximate surface area is 167 Å². The van der Waals surface area contributed by atoms with Crippen molar-refractivity contribution < 1.29 is 9.59 Å². The topological polar surface area (TPSA) is 100 Å². The Morgan fingerprint density at radius 1 is 1.17 bits per heavy atom. The summed E-state index contributed by atoms with van der Waals surface area (Å²) >= 11 is 0. The highest BCUT2D eigenvalue weighted by atomic mass is 16.2. The molecular weight excluding hydrogens is 370 g/mol. The van der Waals surface area contributed by atoms with Gasteiger partial charge in [-0.3, -0.25) is 14.4 Å². The first-order valence-electron chi connectivity index (χ1n) is 9.75. The fraction of sp³-hybridized carbons (Fsp3) is 0.333. The highest BCUT2D eigenvalue weighted by molar-refractivity contribution is 5.94. The summed E-state index contributed by atoms with van der Waals surface area (Å²) in [6, 6.07) is 10.1. The number of fused-ring (bicyclic) bond motifs is 1. The zero-order chi connectivity index (χ0) is 20.4. The number of benzene rings is 1. The molecule has 2 N–H and O–H groups in total. The van der Waals surface area contributed by atoms with E-state index in [-0.39, 0.29) is 30.0 Å². The lowest BCUT2D eigenvalue weighted by molar-refractivity contribution is -0.130. The average Bonchev–Trinajstić information content (AvgIpc) is 3.39. The van der Waals surface area contributed by atoms with Crippen LogP contribution in [0.3, 0.4) is 0 Å². The van der Waals surface area contributed by atoms with Gasteiger partial charge >= 0.3 is 0 Å². The van der Waals surface area contributed by atoms with Crippen molar-refractivity contribution in [1.82, 2.24) is 24.8 Å². The average molecular weight is 393 g/mol. The van der Waals surface area contributed by atoms with Gasteiger partial charge in [-0.2, -0.15) is 0 Å². The van der Waals surface area contributed by atoms with Gasteiger partial charge in [-0.1, -0.05) is 12.1 Å². The summed E-state index contributed by atoms with van der Waals surface area (Å²) in [4.78, 5) is 46.6. The van der Waals surface area contributed by atoms with E-state index in [0.29, 0.717) is 11.4 Å². The monoisotopic (exact) mass is 393 g/mol. The number of imidazole rings is 1. The standard InChI is InChI=1S/C21H23N5O3/c1-14(20-23-16-6-2-3-7-17(16)24-20)22-21(29)15-8-9-18(27)26(12-15)13-19(28)25-10-4-5-11-25/h2-3,6-9,12,14H,4-5,10-11,13H2,1H3,(H,22,29)(H,23,24). The first kappa shape index (κ1) is 18.9. The Kier molecular flexibility index (Phi) is 5.16. The van der Waals surface area contributed by atoms with E-state index in [1.165, 1.54) is 22.9 Å². The predicted octanol–water partition coefficient (Wildman–Crippen LogP) is 1.84. The van der Waals surface area contributed by atoms with Gasteiger partial charge in [0.25, 0.3) is 11.5 Å². The Bertz CT molecular complexity index is 1080. The van der Waals surface area contributed by atoms with E-state index < -0.39 is 0 Å².